The molecule has 0 saturated heterocycles. The van der Waals surface area contributed by atoms with E-state index >= 15 is 0 Å². The largest absolute Gasteiger partial charge is 0.472 e. The summed E-state index contributed by atoms with van der Waals surface area (Å²) in [5, 5.41) is 0. The van der Waals surface area contributed by atoms with Crippen LogP contribution in [-0.2, 0) is 32.7 Å². The standard InChI is InChI=1S/C81H144NO8P/c1-3-5-7-9-11-13-15-17-19-21-23-25-27-29-31-33-34-35-36-37-38-39-40-41-42-43-44-46-48-50-52-54-56-58-60-62-64-66-68-70-72-74-81(84)90-79(78-89-91(85,86)88-76-75-82)77-87-80(83)73-71-69-67-65-63-61-59-57-55-53-51-49-47-45-32-30-28-26-24-22-20-18-16-14-12-10-8-6-4-2/h5,7,11,13,16-19,22-25,29,31,34-35,37-38,79H,3-4,6,8-10,12,14-15,20-21,26-28,30,32-33,36,39-78,82H2,1-2H3,(H,85,86)/b7-5-,13-11-,18-16-,19-17-,24-22-,25-23-,31-29-,35-34-,38-37-. The van der Waals surface area contributed by atoms with Gasteiger partial charge >= 0.3 is 19.8 Å². The number of carbonyl (C=O) groups excluding carboxylic acids is 2. The molecule has 0 heterocycles. The summed E-state index contributed by atoms with van der Waals surface area (Å²) in [4.78, 5) is 35.4. The van der Waals surface area contributed by atoms with E-state index in [1.807, 2.05) is 0 Å². The molecule has 0 aromatic rings. The van der Waals surface area contributed by atoms with E-state index in [9.17, 15) is 19.0 Å². The molecule has 0 rings (SSSR count). The first-order valence-electron chi connectivity index (χ1n) is 38.4. The maximum Gasteiger partial charge on any atom is 0.472 e. The lowest BCUT2D eigenvalue weighted by Crippen LogP contribution is -2.29. The fourth-order valence-electron chi connectivity index (χ4n) is 11.0. The van der Waals surface area contributed by atoms with Crippen molar-refractivity contribution in [2.24, 2.45) is 5.73 Å². The average Bonchev–Trinajstić information content (AvgIpc) is 3.74. The van der Waals surface area contributed by atoms with E-state index in [1.165, 1.54) is 238 Å². The van der Waals surface area contributed by atoms with E-state index in [2.05, 4.69) is 123 Å². The monoisotopic (exact) mass is 1290 g/mol. The molecule has 0 radical (unpaired) electrons. The summed E-state index contributed by atoms with van der Waals surface area (Å²) < 4.78 is 33.3. The van der Waals surface area contributed by atoms with Crippen LogP contribution in [0.4, 0.5) is 0 Å². The van der Waals surface area contributed by atoms with Crippen molar-refractivity contribution in [1.29, 1.82) is 0 Å². The fraction of sp³-hybridized carbons (Fsp3) is 0.753. The van der Waals surface area contributed by atoms with Crippen LogP contribution in [0, 0.1) is 0 Å². The Morgan fingerprint density at radius 1 is 0.341 bits per heavy atom. The lowest BCUT2D eigenvalue weighted by Gasteiger charge is -2.19. The molecule has 2 atom stereocenters. The van der Waals surface area contributed by atoms with Crippen LogP contribution in [0.15, 0.2) is 109 Å². The predicted octanol–water partition coefficient (Wildman–Crippen LogP) is 25.6. The summed E-state index contributed by atoms with van der Waals surface area (Å²) in [5.41, 5.74) is 5.41. The van der Waals surface area contributed by atoms with Gasteiger partial charge in [0.05, 0.1) is 13.2 Å². The zero-order valence-electron chi connectivity index (χ0n) is 59.3. The molecule has 9 nitrogen and oxygen atoms in total. The van der Waals surface area contributed by atoms with Crippen molar-refractivity contribution in [3.63, 3.8) is 0 Å². The molecular weight excluding hydrogens is 1150 g/mol. The second-order valence-electron chi connectivity index (χ2n) is 25.5. The summed E-state index contributed by atoms with van der Waals surface area (Å²) >= 11 is 0. The molecule has 3 N–H and O–H groups in total. The Labute approximate surface area is 562 Å². The van der Waals surface area contributed by atoms with Gasteiger partial charge in [-0.1, -0.05) is 354 Å². The molecule has 10 heteroatoms. The molecule has 0 aliphatic rings. The van der Waals surface area contributed by atoms with Gasteiger partial charge in [0.2, 0.25) is 0 Å². The molecule has 0 spiro atoms. The predicted molar refractivity (Wildman–Crippen MR) is 395 cm³/mol. The van der Waals surface area contributed by atoms with Gasteiger partial charge in [0, 0.05) is 19.4 Å². The molecule has 0 bridgehead atoms. The molecule has 0 aromatic carbocycles. The minimum atomic E-state index is -4.40. The number of nitrogens with two attached hydrogens (primary N) is 1. The SMILES string of the molecule is CC/C=C\C/C=C\C/C=C\C/C=C\C/C=C\C/C=C\C/C=C\CCCCCCCCCCCCCCCCCCCCCC(=O)OC(COC(=O)CCCCCCCCCCCCCCCCCCC/C=C\C/C=C\CCCCCCC)COP(=O)(O)OCCN. The number of phosphoric ester groups is 1. The number of ether oxygens (including phenoxy) is 2. The summed E-state index contributed by atoms with van der Waals surface area (Å²) in [6.07, 6.45) is 105. The van der Waals surface area contributed by atoms with E-state index in [-0.39, 0.29) is 38.6 Å². The Morgan fingerprint density at radius 2 is 0.604 bits per heavy atom. The lowest BCUT2D eigenvalue weighted by molar-refractivity contribution is -0.161. The first-order chi connectivity index (χ1) is 44.8. The Bertz CT molecular complexity index is 1860. The Morgan fingerprint density at radius 3 is 0.901 bits per heavy atom. The van der Waals surface area contributed by atoms with Gasteiger partial charge in [0.1, 0.15) is 6.61 Å². The van der Waals surface area contributed by atoms with E-state index in [4.69, 9.17) is 24.3 Å². The van der Waals surface area contributed by atoms with Crippen LogP contribution in [0.1, 0.15) is 361 Å². The van der Waals surface area contributed by atoms with Crippen molar-refractivity contribution in [2.75, 3.05) is 26.4 Å². The van der Waals surface area contributed by atoms with Crippen LogP contribution in [0.3, 0.4) is 0 Å². The Kier molecular flexibility index (Phi) is 72.9. The van der Waals surface area contributed by atoms with Crippen molar-refractivity contribution < 1.29 is 37.6 Å². The fourth-order valence-corrected chi connectivity index (χ4v) is 11.8. The van der Waals surface area contributed by atoms with Crippen molar-refractivity contribution >= 4 is 19.8 Å². The second kappa shape index (κ2) is 75.7. The van der Waals surface area contributed by atoms with E-state index in [1.54, 1.807) is 0 Å². The molecule has 0 aliphatic carbocycles. The number of unbranched alkanes of at least 4 members (excludes halogenated alkanes) is 41. The highest BCUT2D eigenvalue weighted by Crippen LogP contribution is 2.43. The molecule has 0 aromatic heterocycles. The third-order valence-electron chi connectivity index (χ3n) is 16.6. The number of esters is 2. The van der Waals surface area contributed by atoms with Crippen molar-refractivity contribution in [3.8, 4) is 0 Å². The van der Waals surface area contributed by atoms with E-state index in [0.717, 1.165) is 89.9 Å². The summed E-state index contributed by atoms with van der Waals surface area (Å²) in [6.45, 7) is 3.67. The molecular formula is C81H144NO8P. The zero-order valence-corrected chi connectivity index (χ0v) is 60.2. The molecule has 0 amide bonds. The topological polar surface area (TPSA) is 134 Å². The second-order valence-corrected chi connectivity index (χ2v) is 26.9. The van der Waals surface area contributed by atoms with Gasteiger partial charge in [-0.2, -0.15) is 0 Å². The van der Waals surface area contributed by atoms with Crippen LogP contribution in [0.2, 0.25) is 0 Å². The maximum atomic E-state index is 12.8. The van der Waals surface area contributed by atoms with Crippen LogP contribution < -0.4 is 5.73 Å². The normalized spacial score (nSPS) is 13.5. The van der Waals surface area contributed by atoms with Gasteiger partial charge in [-0.25, -0.2) is 4.57 Å². The van der Waals surface area contributed by atoms with Gasteiger partial charge in [0.25, 0.3) is 0 Å². The third kappa shape index (κ3) is 75.6. The molecule has 526 valence electrons. The highest BCUT2D eigenvalue weighted by atomic mass is 31.2. The number of allylic oxidation sites excluding steroid dienone is 18. The number of carbonyl (C=O) groups is 2. The van der Waals surface area contributed by atoms with Gasteiger partial charge in [-0.15, -0.1) is 0 Å². The van der Waals surface area contributed by atoms with Gasteiger partial charge in [-0.3, -0.25) is 18.6 Å². The van der Waals surface area contributed by atoms with Crippen LogP contribution in [0.25, 0.3) is 0 Å². The minimum absolute atomic E-state index is 0.0524. The average molecular weight is 1290 g/mol. The highest BCUT2D eigenvalue weighted by molar-refractivity contribution is 7.47. The summed E-state index contributed by atoms with van der Waals surface area (Å²) in [7, 11) is -4.40. The first kappa shape index (κ1) is 87.7. The van der Waals surface area contributed by atoms with Crippen LogP contribution in [0.5, 0.6) is 0 Å². The molecule has 91 heavy (non-hydrogen) atoms. The number of phosphoric acid groups is 1. The van der Waals surface area contributed by atoms with Crippen LogP contribution >= 0.6 is 7.82 Å². The number of hydrogen-bond donors (Lipinski definition) is 2. The maximum absolute atomic E-state index is 12.8. The van der Waals surface area contributed by atoms with Crippen molar-refractivity contribution in [2.45, 2.75) is 367 Å². The van der Waals surface area contributed by atoms with Gasteiger partial charge in [-0.05, 0) is 103 Å². The Balaban J connectivity index is 3.81. The molecule has 2 unspecified atom stereocenters. The Hall–Kier alpha value is -3.33. The molecule has 0 fully saturated rings. The number of rotatable bonds is 72. The third-order valence-corrected chi connectivity index (χ3v) is 17.6. The quantitative estimate of drug-likeness (QED) is 0.0264. The summed E-state index contributed by atoms with van der Waals surface area (Å²) in [5.74, 6) is -0.813. The zero-order chi connectivity index (χ0) is 65.8. The minimum Gasteiger partial charge on any atom is -0.462 e. The molecule has 0 aliphatic heterocycles. The molecule has 0 saturated carbocycles. The van der Waals surface area contributed by atoms with Gasteiger partial charge < -0.3 is 20.1 Å². The van der Waals surface area contributed by atoms with E-state index in [0.29, 0.717) is 6.42 Å². The number of hydrogen-bond acceptors (Lipinski definition) is 8. The van der Waals surface area contributed by atoms with Gasteiger partial charge in [0.15, 0.2) is 6.10 Å². The van der Waals surface area contributed by atoms with Crippen molar-refractivity contribution in [1.82, 2.24) is 0 Å². The first-order valence-corrected chi connectivity index (χ1v) is 39.9. The highest BCUT2D eigenvalue weighted by Gasteiger charge is 2.26. The lowest BCUT2D eigenvalue weighted by atomic mass is 10.0. The smallest absolute Gasteiger partial charge is 0.462 e. The summed E-state index contributed by atoms with van der Waals surface area (Å²) in [6, 6.07) is 0. The van der Waals surface area contributed by atoms with Crippen LogP contribution in [-0.4, -0.2) is 49.3 Å². The van der Waals surface area contributed by atoms with E-state index < -0.39 is 26.5 Å². The van der Waals surface area contributed by atoms with Crippen molar-refractivity contribution in [3.05, 3.63) is 109 Å².